The molecule has 0 saturated carbocycles. The molecule has 2 rings (SSSR count). The molecule has 0 amide bonds. The van der Waals surface area contributed by atoms with E-state index >= 15 is 0 Å². The summed E-state index contributed by atoms with van der Waals surface area (Å²) in [6.45, 7) is 0. The third-order valence-electron chi connectivity index (χ3n) is 2.99. The summed E-state index contributed by atoms with van der Waals surface area (Å²) >= 11 is 6.27. The van der Waals surface area contributed by atoms with Gasteiger partial charge in [0.2, 0.25) is 0 Å². The molecule has 0 nitrogen and oxygen atoms in total. The van der Waals surface area contributed by atoms with Gasteiger partial charge in [0.1, 0.15) is 5.82 Å². The predicted molar refractivity (Wildman–Crippen MR) is 74.5 cm³/mol. The number of alkyl halides is 1. The minimum absolute atomic E-state index is 0.0258. The summed E-state index contributed by atoms with van der Waals surface area (Å²) in [6.07, 6.45) is 2.38. The number of hydrogen-bond donors (Lipinski definition) is 0. The van der Waals surface area contributed by atoms with Crippen LogP contribution >= 0.6 is 11.6 Å². The van der Waals surface area contributed by atoms with E-state index in [-0.39, 0.29) is 11.2 Å². The lowest BCUT2D eigenvalue weighted by Crippen LogP contribution is -2.06. The minimum Gasteiger partial charge on any atom is -0.207 e. The molecule has 1 atom stereocenters. The van der Waals surface area contributed by atoms with Crippen LogP contribution in [0.3, 0.4) is 0 Å². The Morgan fingerprint density at radius 2 is 1.61 bits per heavy atom. The summed E-state index contributed by atoms with van der Waals surface area (Å²) in [5, 5.41) is -0.0258. The summed E-state index contributed by atoms with van der Waals surface area (Å²) in [4.78, 5) is 0. The monoisotopic (exact) mass is 262 g/mol. The second-order valence-electron chi connectivity index (χ2n) is 4.42. The maximum atomic E-state index is 13.5. The smallest absolute Gasteiger partial charge is 0.126 e. The predicted octanol–water partition coefficient (Wildman–Crippen LogP) is 4.61. The number of halogens is 2. The zero-order valence-corrected chi connectivity index (χ0v) is 10.9. The number of rotatable bonds is 5. The molecule has 0 N–H and O–H groups in total. The Morgan fingerprint density at radius 1 is 0.944 bits per heavy atom. The zero-order chi connectivity index (χ0) is 12.8. The molecule has 94 valence electrons. The molecule has 0 aliphatic carbocycles. The number of hydrogen-bond acceptors (Lipinski definition) is 0. The summed E-state index contributed by atoms with van der Waals surface area (Å²) < 4.78 is 13.5. The maximum Gasteiger partial charge on any atom is 0.126 e. The van der Waals surface area contributed by atoms with Crippen LogP contribution in [-0.2, 0) is 12.8 Å². The quantitative estimate of drug-likeness (QED) is 0.691. The van der Waals surface area contributed by atoms with Gasteiger partial charge in [-0.3, -0.25) is 0 Å². The first-order chi connectivity index (χ1) is 8.75. The molecule has 0 aliphatic heterocycles. The molecule has 18 heavy (non-hydrogen) atoms. The highest BCUT2D eigenvalue weighted by Gasteiger charge is 2.09. The molecule has 0 bridgehead atoms. The van der Waals surface area contributed by atoms with E-state index < -0.39 is 0 Å². The Kier molecular flexibility index (Phi) is 4.77. The van der Waals surface area contributed by atoms with Gasteiger partial charge in [0.15, 0.2) is 0 Å². The van der Waals surface area contributed by atoms with Crippen LogP contribution in [0.25, 0.3) is 0 Å². The van der Waals surface area contributed by atoms with Gasteiger partial charge < -0.3 is 0 Å². The van der Waals surface area contributed by atoms with E-state index in [1.165, 1.54) is 11.6 Å². The van der Waals surface area contributed by atoms with E-state index in [9.17, 15) is 4.39 Å². The summed E-state index contributed by atoms with van der Waals surface area (Å²) in [6, 6.07) is 17.1. The second-order valence-corrected chi connectivity index (χ2v) is 5.03. The first kappa shape index (κ1) is 13.1. The van der Waals surface area contributed by atoms with Crippen molar-refractivity contribution in [1.82, 2.24) is 0 Å². The molecule has 0 aliphatic rings. The van der Waals surface area contributed by atoms with Gasteiger partial charge in [-0.05, 0) is 36.5 Å². The molecule has 0 aromatic heterocycles. The molecule has 2 heteroatoms. The van der Waals surface area contributed by atoms with Crippen molar-refractivity contribution in [2.45, 2.75) is 24.6 Å². The van der Waals surface area contributed by atoms with Gasteiger partial charge in [-0.25, -0.2) is 4.39 Å². The van der Waals surface area contributed by atoms with Crippen molar-refractivity contribution in [3.63, 3.8) is 0 Å². The average molecular weight is 263 g/mol. The SMILES string of the molecule is Fc1ccccc1CC(Cl)CCc1ccccc1. The largest absolute Gasteiger partial charge is 0.207 e. The Bertz CT molecular complexity index is 481. The van der Waals surface area contributed by atoms with Crippen molar-refractivity contribution in [3.8, 4) is 0 Å². The Morgan fingerprint density at radius 3 is 2.33 bits per heavy atom. The summed E-state index contributed by atoms with van der Waals surface area (Å²) in [5.41, 5.74) is 1.97. The van der Waals surface area contributed by atoms with E-state index in [1.54, 1.807) is 12.1 Å². The normalized spacial score (nSPS) is 12.3. The van der Waals surface area contributed by atoms with Crippen molar-refractivity contribution in [2.24, 2.45) is 0 Å². The molecule has 2 aromatic rings. The van der Waals surface area contributed by atoms with Crippen molar-refractivity contribution >= 4 is 11.6 Å². The second kappa shape index (κ2) is 6.55. The van der Waals surface area contributed by atoms with Crippen LogP contribution in [-0.4, -0.2) is 5.38 Å². The van der Waals surface area contributed by atoms with Gasteiger partial charge in [0.05, 0.1) is 0 Å². The van der Waals surface area contributed by atoms with Crippen LogP contribution in [0.5, 0.6) is 0 Å². The lowest BCUT2D eigenvalue weighted by atomic mass is 10.0. The molecule has 0 spiro atoms. The zero-order valence-electron chi connectivity index (χ0n) is 10.2. The van der Waals surface area contributed by atoms with Gasteiger partial charge >= 0.3 is 0 Å². The highest BCUT2D eigenvalue weighted by molar-refractivity contribution is 6.20. The highest BCUT2D eigenvalue weighted by atomic mass is 35.5. The van der Waals surface area contributed by atoms with Crippen molar-refractivity contribution in [1.29, 1.82) is 0 Å². The highest BCUT2D eigenvalue weighted by Crippen LogP contribution is 2.16. The molecular formula is C16H16ClF. The lowest BCUT2D eigenvalue weighted by Gasteiger charge is -2.10. The van der Waals surface area contributed by atoms with Crippen LogP contribution in [0.15, 0.2) is 54.6 Å². The molecule has 0 heterocycles. The first-order valence-corrected chi connectivity index (χ1v) is 6.61. The third-order valence-corrected chi connectivity index (χ3v) is 3.36. The van der Waals surface area contributed by atoms with E-state index in [0.717, 1.165) is 12.8 Å². The molecule has 0 radical (unpaired) electrons. The molecule has 2 aromatic carbocycles. The van der Waals surface area contributed by atoms with Crippen molar-refractivity contribution < 1.29 is 4.39 Å². The number of aryl methyl sites for hydroxylation is 1. The average Bonchev–Trinajstić information content (AvgIpc) is 2.40. The van der Waals surface area contributed by atoms with Crippen LogP contribution in [0.1, 0.15) is 17.5 Å². The fourth-order valence-electron chi connectivity index (χ4n) is 1.97. The molecule has 0 fully saturated rings. The lowest BCUT2D eigenvalue weighted by molar-refractivity contribution is 0.601. The van der Waals surface area contributed by atoms with Gasteiger partial charge in [0.25, 0.3) is 0 Å². The van der Waals surface area contributed by atoms with E-state index in [2.05, 4.69) is 12.1 Å². The standard InChI is InChI=1S/C16H16ClF/c17-15(11-10-13-6-2-1-3-7-13)12-14-8-4-5-9-16(14)18/h1-9,15H,10-12H2. The van der Waals surface area contributed by atoms with Gasteiger partial charge in [0, 0.05) is 5.38 Å². The van der Waals surface area contributed by atoms with Gasteiger partial charge in [-0.15, -0.1) is 11.6 Å². The Balaban J connectivity index is 1.86. The van der Waals surface area contributed by atoms with Crippen LogP contribution in [0, 0.1) is 5.82 Å². The van der Waals surface area contributed by atoms with E-state index in [0.29, 0.717) is 12.0 Å². The summed E-state index contributed by atoms with van der Waals surface area (Å²) in [7, 11) is 0. The van der Waals surface area contributed by atoms with E-state index in [1.807, 2.05) is 24.3 Å². The molecular weight excluding hydrogens is 247 g/mol. The molecule has 0 saturated heterocycles. The Labute approximate surface area is 112 Å². The van der Waals surface area contributed by atoms with Crippen LogP contribution in [0.4, 0.5) is 4.39 Å². The number of benzene rings is 2. The third kappa shape index (κ3) is 3.85. The summed E-state index contributed by atoms with van der Waals surface area (Å²) in [5.74, 6) is -0.164. The minimum atomic E-state index is -0.164. The fraction of sp³-hybridized carbons (Fsp3) is 0.250. The maximum absolute atomic E-state index is 13.5. The van der Waals surface area contributed by atoms with Gasteiger partial charge in [-0.1, -0.05) is 48.5 Å². The van der Waals surface area contributed by atoms with Crippen molar-refractivity contribution in [2.75, 3.05) is 0 Å². The first-order valence-electron chi connectivity index (χ1n) is 6.17. The van der Waals surface area contributed by atoms with Crippen LogP contribution in [0.2, 0.25) is 0 Å². The Hall–Kier alpha value is -1.34. The van der Waals surface area contributed by atoms with E-state index in [4.69, 9.17) is 11.6 Å². The van der Waals surface area contributed by atoms with Crippen LogP contribution < -0.4 is 0 Å². The van der Waals surface area contributed by atoms with Crippen molar-refractivity contribution in [3.05, 3.63) is 71.5 Å². The fourth-order valence-corrected chi connectivity index (χ4v) is 2.25. The topological polar surface area (TPSA) is 0 Å². The van der Waals surface area contributed by atoms with Gasteiger partial charge in [-0.2, -0.15) is 0 Å². The molecule has 1 unspecified atom stereocenters.